The maximum absolute atomic E-state index is 11.1. The molecule has 1 aromatic rings. The van der Waals surface area contributed by atoms with Gasteiger partial charge in [-0.05, 0) is 12.1 Å². The van der Waals surface area contributed by atoms with Gasteiger partial charge in [0.2, 0.25) is 0 Å². The van der Waals surface area contributed by atoms with Crippen molar-refractivity contribution in [2.24, 2.45) is 0 Å². The number of nitrogens with one attached hydrogen (secondary N) is 1. The molecule has 1 aromatic carbocycles. The first-order chi connectivity index (χ1) is 5.67. The molecule has 0 fully saturated rings. The van der Waals surface area contributed by atoms with Crippen molar-refractivity contribution in [3.05, 3.63) is 30.3 Å². The molecule has 0 aromatic heterocycles. The fourth-order valence-corrected chi connectivity index (χ4v) is 2.03. The second kappa shape index (κ2) is 3.79. The first kappa shape index (κ1) is 9.37. The van der Waals surface area contributed by atoms with Gasteiger partial charge in [-0.25, -0.2) is 12.6 Å². The number of sulfonamides is 1. The van der Waals surface area contributed by atoms with Crippen molar-refractivity contribution >= 4 is 21.9 Å². The molecule has 4 nitrogen and oxygen atoms in total. The van der Waals surface area contributed by atoms with E-state index in [4.69, 9.17) is 0 Å². The van der Waals surface area contributed by atoms with Crippen LogP contribution in [-0.4, -0.2) is 12.6 Å². The first-order valence-electron chi connectivity index (χ1n) is 3.06. The molecule has 0 aliphatic heterocycles. The third-order valence-corrected chi connectivity index (χ3v) is 3.36. The molecule has 1 rings (SSSR count). The number of thiol groups is 1. The highest BCUT2D eigenvalue weighted by Gasteiger charge is 2.10. The monoisotopic (exact) mass is 205 g/mol. The molecule has 0 aliphatic carbocycles. The van der Waals surface area contributed by atoms with Crippen molar-refractivity contribution in [3.63, 3.8) is 0 Å². The SMILES string of the molecule is O=[SH]NS(=O)(=O)c1ccccc1. The van der Waals surface area contributed by atoms with Gasteiger partial charge in [-0.1, -0.05) is 18.2 Å². The van der Waals surface area contributed by atoms with Gasteiger partial charge in [-0.2, -0.15) is 0 Å². The maximum Gasteiger partial charge on any atom is 0.251 e. The second-order valence-electron chi connectivity index (χ2n) is 2.00. The topological polar surface area (TPSA) is 63.2 Å². The van der Waals surface area contributed by atoms with Gasteiger partial charge in [-0.15, -0.1) is 4.13 Å². The molecule has 1 N–H and O–H groups in total. The zero-order valence-corrected chi connectivity index (χ0v) is 7.68. The van der Waals surface area contributed by atoms with E-state index in [1.807, 2.05) is 4.13 Å². The summed E-state index contributed by atoms with van der Waals surface area (Å²) in [6.45, 7) is 0. The molecule has 0 amide bonds. The van der Waals surface area contributed by atoms with Gasteiger partial charge in [0.1, 0.15) is 0 Å². The summed E-state index contributed by atoms with van der Waals surface area (Å²) in [7, 11) is -3.59. The van der Waals surface area contributed by atoms with Crippen LogP contribution in [0.1, 0.15) is 0 Å². The summed E-state index contributed by atoms with van der Waals surface area (Å²) in [6, 6.07) is 7.74. The van der Waals surface area contributed by atoms with Crippen molar-refractivity contribution in [1.82, 2.24) is 4.13 Å². The molecule has 0 atom stereocenters. The lowest BCUT2D eigenvalue weighted by molar-refractivity contribution is 0.593. The lowest BCUT2D eigenvalue weighted by Crippen LogP contribution is -2.18. The maximum atomic E-state index is 11.1. The van der Waals surface area contributed by atoms with Crippen LogP contribution in [-0.2, 0) is 21.9 Å². The van der Waals surface area contributed by atoms with Crippen LogP contribution in [0.2, 0.25) is 0 Å². The van der Waals surface area contributed by atoms with Gasteiger partial charge in [0.15, 0.2) is 0 Å². The van der Waals surface area contributed by atoms with E-state index < -0.39 is 21.9 Å². The number of hydrogen-bond acceptors (Lipinski definition) is 3. The van der Waals surface area contributed by atoms with Gasteiger partial charge in [-0.3, -0.25) is 0 Å². The summed E-state index contributed by atoms with van der Waals surface area (Å²) in [5.41, 5.74) is 0. The van der Waals surface area contributed by atoms with Crippen LogP contribution in [0.3, 0.4) is 0 Å². The third kappa shape index (κ3) is 2.13. The second-order valence-corrected chi connectivity index (χ2v) is 4.39. The Kier molecular flexibility index (Phi) is 2.96. The highest BCUT2D eigenvalue weighted by molar-refractivity contribution is 7.96. The molecule has 6 heteroatoms. The summed E-state index contributed by atoms with van der Waals surface area (Å²) < 4.78 is 34.1. The van der Waals surface area contributed by atoms with Gasteiger partial charge in [0, 0.05) is 0 Å². The minimum Gasteiger partial charge on any atom is -0.245 e. The molecule has 0 spiro atoms. The quantitative estimate of drug-likeness (QED) is 0.673. The Bertz CT molecular complexity index is 360. The van der Waals surface area contributed by atoms with Crippen molar-refractivity contribution in [1.29, 1.82) is 0 Å². The fraction of sp³-hybridized carbons (Fsp3) is 0. The van der Waals surface area contributed by atoms with Crippen molar-refractivity contribution in [2.45, 2.75) is 4.90 Å². The molecule has 66 valence electrons. The summed E-state index contributed by atoms with van der Waals surface area (Å²) in [5, 5.41) is 0. The molecule has 12 heavy (non-hydrogen) atoms. The van der Waals surface area contributed by atoms with Crippen molar-refractivity contribution < 1.29 is 12.6 Å². The highest BCUT2D eigenvalue weighted by Crippen LogP contribution is 2.05. The average molecular weight is 205 g/mol. The smallest absolute Gasteiger partial charge is 0.245 e. The Hall–Kier alpha value is -0.720. The molecule has 0 radical (unpaired) electrons. The zero-order valence-electron chi connectivity index (χ0n) is 5.97. The van der Waals surface area contributed by atoms with Gasteiger partial charge >= 0.3 is 0 Å². The summed E-state index contributed by atoms with van der Waals surface area (Å²) in [4.78, 5) is 0.105. The molecule has 0 heterocycles. The van der Waals surface area contributed by atoms with Crippen molar-refractivity contribution in [2.75, 3.05) is 0 Å². The Morgan fingerprint density at radius 2 is 1.75 bits per heavy atom. The van der Waals surface area contributed by atoms with Gasteiger partial charge in [0.25, 0.3) is 10.0 Å². The molecular formula is C6H7NO3S2. The van der Waals surface area contributed by atoms with E-state index in [1.54, 1.807) is 18.2 Å². The van der Waals surface area contributed by atoms with E-state index in [0.717, 1.165) is 0 Å². The molecule has 0 unspecified atom stereocenters. The van der Waals surface area contributed by atoms with E-state index in [1.165, 1.54) is 12.1 Å². The number of rotatable bonds is 3. The zero-order chi connectivity index (χ0) is 9.03. The van der Waals surface area contributed by atoms with Crippen molar-refractivity contribution in [3.8, 4) is 0 Å². The number of hydrogen-bond donors (Lipinski definition) is 2. The summed E-state index contributed by atoms with van der Waals surface area (Å²) >= 11 is -0.619. The van der Waals surface area contributed by atoms with E-state index in [2.05, 4.69) is 0 Å². The minimum absolute atomic E-state index is 0.105. The van der Waals surface area contributed by atoms with E-state index in [0.29, 0.717) is 0 Å². The predicted octanol–water partition coefficient (Wildman–Crippen LogP) is -0.175. The van der Waals surface area contributed by atoms with E-state index in [-0.39, 0.29) is 4.90 Å². The normalized spacial score (nSPS) is 11.3. The minimum atomic E-state index is -3.59. The standard InChI is InChI=1S/C6H7NO3S2/c8-11-7-12(9,10)6-4-2-1-3-5-6/h1-5,11H,(H,7,8). The fourth-order valence-electron chi connectivity index (χ4n) is 0.701. The predicted molar refractivity (Wildman–Crippen MR) is 46.3 cm³/mol. The average Bonchev–Trinajstić information content (AvgIpc) is 2.06. The molecular weight excluding hydrogens is 198 g/mol. The van der Waals surface area contributed by atoms with Crippen LogP contribution in [0.4, 0.5) is 0 Å². The molecule has 0 aliphatic rings. The first-order valence-corrected chi connectivity index (χ1v) is 5.35. The Morgan fingerprint density at radius 3 is 2.25 bits per heavy atom. The molecule has 0 bridgehead atoms. The van der Waals surface area contributed by atoms with Gasteiger partial charge < -0.3 is 0 Å². The molecule has 0 saturated carbocycles. The lowest BCUT2D eigenvalue weighted by atomic mass is 10.4. The number of benzene rings is 1. The Morgan fingerprint density at radius 1 is 1.17 bits per heavy atom. The van der Waals surface area contributed by atoms with E-state index in [9.17, 15) is 12.6 Å². The largest absolute Gasteiger partial charge is 0.251 e. The van der Waals surface area contributed by atoms with Crippen LogP contribution >= 0.6 is 0 Å². The van der Waals surface area contributed by atoms with E-state index >= 15 is 0 Å². The summed E-state index contributed by atoms with van der Waals surface area (Å²) in [5.74, 6) is 0. The van der Waals surface area contributed by atoms with Crippen LogP contribution in [0.25, 0.3) is 0 Å². The van der Waals surface area contributed by atoms with Gasteiger partial charge in [0.05, 0.1) is 16.7 Å². The van der Waals surface area contributed by atoms with Crippen LogP contribution < -0.4 is 4.13 Å². The van der Waals surface area contributed by atoms with Crippen LogP contribution in [0.5, 0.6) is 0 Å². The molecule has 0 saturated heterocycles. The Labute approximate surface area is 74.3 Å². The van der Waals surface area contributed by atoms with Crippen LogP contribution in [0, 0.1) is 0 Å². The lowest BCUT2D eigenvalue weighted by Gasteiger charge is -1.98. The van der Waals surface area contributed by atoms with Crippen LogP contribution in [0.15, 0.2) is 35.2 Å². The Balaban J connectivity index is 3.07. The third-order valence-electron chi connectivity index (χ3n) is 1.21. The summed E-state index contributed by atoms with van der Waals surface area (Å²) in [6.07, 6.45) is 0. The highest BCUT2D eigenvalue weighted by atomic mass is 32.3.